The molecule has 0 aromatic rings. The maximum absolute atomic E-state index is 9.87. The molecule has 2 nitrogen and oxygen atoms in total. The Morgan fingerprint density at radius 2 is 2.10 bits per heavy atom. The molecule has 0 unspecified atom stereocenters. The third-order valence-corrected chi connectivity index (χ3v) is 2.86. The predicted octanol–water partition coefficient (Wildman–Crippen LogP) is 1.35. The van der Waals surface area contributed by atoms with E-state index in [1.807, 2.05) is 0 Å². The summed E-state index contributed by atoms with van der Waals surface area (Å²) in [5, 5.41) is 0. The van der Waals surface area contributed by atoms with Gasteiger partial charge in [0.05, 0.1) is 6.61 Å². The van der Waals surface area contributed by atoms with Crippen LogP contribution in [0.1, 0.15) is 26.2 Å². The van der Waals surface area contributed by atoms with Gasteiger partial charge in [0.25, 0.3) is 6.47 Å². The zero-order valence-electron chi connectivity index (χ0n) is 6.22. The van der Waals surface area contributed by atoms with Crippen LogP contribution < -0.4 is 0 Å². The Hall–Kier alpha value is -0.530. The molecule has 0 amide bonds. The second kappa shape index (κ2) is 1.55. The van der Waals surface area contributed by atoms with Crippen molar-refractivity contribution in [1.82, 2.24) is 0 Å². The Morgan fingerprint density at radius 3 is 2.50 bits per heavy atom. The Kier molecular flexibility index (Phi) is 0.960. The number of ether oxygens (including phenoxy) is 1. The molecule has 3 aliphatic carbocycles. The molecule has 0 atom stereocenters. The van der Waals surface area contributed by atoms with Crippen LogP contribution in [-0.2, 0) is 9.53 Å². The minimum absolute atomic E-state index is 0.426. The lowest BCUT2D eigenvalue weighted by molar-refractivity contribution is -0.216. The van der Waals surface area contributed by atoms with Crippen molar-refractivity contribution in [2.45, 2.75) is 26.2 Å². The minimum atomic E-state index is 0.426. The first-order valence-electron chi connectivity index (χ1n) is 3.73. The lowest BCUT2D eigenvalue weighted by Gasteiger charge is -2.69. The fourth-order valence-corrected chi connectivity index (χ4v) is 2.92. The van der Waals surface area contributed by atoms with Gasteiger partial charge in [-0.15, -0.1) is 0 Å². The van der Waals surface area contributed by atoms with Crippen molar-refractivity contribution in [2.75, 3.05) is 6.61 Å². The lowest BCUT2D eigenvalue weighted by Crippen LogP contribution is -2.61. The predicted molar refractivity (Wildman–Crippen MR) is 36.4 cm³/mol. The zero-order chi connectivity index (χ0) is 7.24. The Morgan fingerprint density at radius 1 is 1.50 bits per heavy atom. The Balaban J connectivity index is 1.82. The summed E-state index contributed by atoms with van der Waals surface area (Å²) in [5.74, 6) is 0. The SMILES string of the molecule is CC12CC(COC=O)(C1)C2. The normalized spacial score (nSPS) is 48.9. The van der Waals surface area contributed by atoms with Gasteiger partial charge in [0, 0.05) is 5.41 Å². The molecule has 2 bridgehead atoms. The first-order chi connectivity index (χ1) is 4.68. The lowest BCUT2D eigenvalue weighted by atomic mass is 9.36. The van der Waals surface area contributed by atoms with Crippen molar-refractivity contribution in [3.63, 3.8) is 0 Å². The molecule has 0 radical (unpaired) electrons. The van der Waals surface area contributed by atoms with Crippen LogP contribution in [0.3, 0.4) is 0 Å². The van der Waals surface area contributed by atoms with Gasteiger partial charge in [-0.2, -0.15) is 0 Å². The van der Waals surface area contributed by atoms with Crippen LogP contribution in [-0.4, -0.2) is 13.1 Å². The van der Waals surface area contributed by atoms with E-state index in [0.717, 1.165) is 0 Å². The smallest absolute Gasteiger partial charge is 0.293 e. The average molecular weight is 140 g/mol. The highest BCUT2D eigenvalue weighted by Gasteiger charge is 2.65. The van der Waals surface area contributed by atoms with Crippen molar-refractivity contribution < 1.29 is 9.53 Å². The first kappa shape index (κ1) is 6.20. The number of carbonyl (C=O) groups excluding carboxylic acids is 1. The molecule has 0 aromatic carbocycles. The van der Waals surface area contributed by atoms with E-state index in [-0.39, 0.29) is 0 Å². The fourth-order valence-electron chi connectivity index (χ4n) is 2.92. The fraction of sp³-hybridized carbons (Fsp3) is 0.875. The molecule has 56 valence electrons. The third-order valence-electron chi connectivity index (χ3n) is 2.86. The molecular formula is C8H12O2. The maximum atomic E-state index is 9.87. The summed E-state index contributed by atoms with van der Waals surface area (Å²) in [7, 11) is 0. The highest BCUT2D eigenvalue weighted by molar-refractivity contribution is 5.37. The van der Waals surface area contributed by atoms with Gasteiger partial charge in [0.2, 0.25) is 0 Å². The highest BCUT2D eigenvalue weighted by Crippen LogP contribution is 2.72. The largest absolute Gasteiger partial charge is 0.467 e. The number of hydrogen-bond donors (Lipinski definition) is 0. The van der Waals surface area contributed by atoms with Crippen LogP contribution in [0.25, 0.3) is 0 Å². The molecule has 0 heterocycles. The second-order valence-electron chi connectivity index (χ2n) is 4.25. The van der Waals surface area contributed by atoms with Crippen LogP contribution in [0.2, 0.25) is 0 Å². The van der Waals surface area contributed by atoms with E-state index in [0.29, 0.717) is 23.9 Å². The minimum Gasteiger partial charge on any atom is -0.467 e. The van der Waals surface area contributed by atoms with Gasteiger partial charge in [-0.3, -0.25) is 4.79 Å². The van der Waals surface area contributed by atoms with Gasteiger partial charge in [-0.05, 0) is 24.7 Å². The van der Waals surface area contributed by atoms with Crippen molar-refractivity contribution in [3.05, 3.63) is 0 Å². The van der Waals surface area contributed by atoms with Crippen LogP contribution in [0.15, 0.2) is 0 Å². The molecule has 0 aromatic heterocycles. The Labute approximate surface area is 60.6 Å². The monoisotopic (exact) mass is 140 g/mol. The maximum Gasteiger partial charge on any atom is 0.293 e. The highest BCUT2D eigenvalue weighted by atomic mass is 16.5. The summed E-state index contributed by atoms with van der Waals surface area (Å²) in [6.45, 7) is 3.52. The summed E-state index contributed by atoms with van der Waals surface area (Å²) in [6.07, 6.45) is 3.82. The van der Waals surface area contributed by atoms with Gasteiger partial charge < -0.3 is 4.74 Å². The van der Waals surface area contributed by atoms with Crippen molar-refractivity contribution >= 4 is 6.47 Å². The van der Waals surface area contributed by atoms with E-state index < -0.39 is 0 Å². The molecule has 0 saturated heterocycles. The van der Waals surface area contributed by atoms with Gasteiger partial charge in [-0.1, -0.05) is 6.92 Å². The van der Waals surface area contributed by atoms with Crippen LogP contribution in [0.4, 0.5) is 0 Å². The van der Waals surface area contributed by atoms with E-state index >= 15 is 0 Å². The average Bonchev–Trinajstić information content (AvgIpc) is 1.75. The van der Waals surface area contributed by atoms with Crippen molar-refractivity contribution in [1.29, 1.82) is 0 Å². The van der Waals surface area contributed by atoms with Gasteiger partial charge in [0.15, 0.2) is 0 Å². The topological polar surface area (TPSA) is 26.3 Å². The molecule has 0 N–H and O–H groups in total. The van der Waals surface area contributed by atoms with Crippen molar-refractivity contribution in [2.24, 2.45) is 10.8 Å². The van der Waals surface area contributed by atoms with E-state index in [4.69, 9.17) is 4.74 Å². The first-order valence-corrected chi connectivity index (χ1v) is 3.73. The summed E-state index contributed by atoms with van der Waals surface area (Å²) >= 11 is 0. The number of hydrogen-bond acceptors (Lipinski definition) is 2. The zero-order valence-corrected chi connectivity index (χ0v) is 6.22. The van der Waals surface area contributed by atoms with Crippen LogP contribution in [0.5, 0.6) is 0 Å². The van der Waals surface area contributed by atoms with Gasteiger partial charge in [-0.25, -0.2) is 0 Å². The summed E-state index contributed by atoms with van der Waals surface area (Å²) in [4.78, 5) is 9.87. The van der Waals surface area contributed by atoms with E-state index in [9.17, 15) is 4.79 Å². The number of rotatable bonds is 3. The summed E-state index contributed by atoms with van der Waals surface area (Å²) in [5.41, 5.74) is 1.06. The van der Waals surface area contributed by atoms with Crippen molar-refractivity contribution in [3.8, 4) is 0 Å². The molecule has 0 spiro atoms. The van der Waals surface area contributed by atoms with Gasteiger partial charge in [0.1, 0.15) is 0 Å². The van der Waals surface area contributed by atoms with Gasteiger partial charge >= 0.3 is 0 Å². The summed E-state index contributed by atoms with van der Waals surface area (Å²) < 4.78 is 4.74. The Bertz CT molecular complexity index is 154. The molecule has 3 fully saturated rings. The molecular weight excluding hydrogens is 128 g/mol. The van der Waals surface area contributed by atoms with E-state index in [2.05, 4.69) is 6.92 Å². The van der Waals surface area contributed by atoms with Crippen LogP contribution in [0, 0.1) is 10.8 Å². The molecule has 3 rings (SSSR count). The third kappa shape index (κ3) is 0.619. The standard InChI is InChI=1S/C8H12O2/c1-7-2-8(3-7,4-7)5-10-6-9/h6H,2-5H2,1H3. The molecule has 3 aliphatic rings. The quantitative estimate of drug-likeness (QED) is 0.553. The van der Waals surface area contributed by atoms with E-state index in [1.54, 1.807) is 0 Å². The number of carbonyl (C=O) groups is 1. The molecule has 10 heavy (non-hydrogen) atoms. The molecule has 3 saturated carbocycles. The van der Waals surface area contributed by atoms with Crippen LogP contribution >= 0.6 is 0 Å². The molecule has 0 aliphatic heterocycles. The molecule has 2 heteroatoms. The van der Waals surface area contributed by atoms with E-state index in [1.165, 1.54) is 19.3 Å². The summed E-state index contributed by atoms with van der Waals surface area (Å²) in [6, 6.07) is 0. The second-order valence-corrected chi connectivity index (χ2v) is 4.25.